The zero-order chi connectivity index (χ0) is 22.1. The average Bonchev–Trinajstić information content (AvgIpc) is 3.47. The van der Waals surface area contributed by atoms with Gasteiger partial charge in [0.1, 0.15) is 11.1 Å². The average molecular weight is 444 g/mol. The number of fused-ring (bicyclic) bond motifs is 1. The van der Waals surface area contributed by atoms with Gasteiger partial charge in [-0.15, -0.1) is 0 Å². The van der Waals surface area contributed by atoms with E-state index in [4.69, 9.17) is 5.10 Å². The molecule has 0 unspecified atom stereocenters. The van der Waals surface area contributed by atoms with E-state index in [2.05, 4.69) is 51.8 Å². The zero-order valence-corrected chi connectivity index (χ0v) is 19.0. The lowest BCUT2D eigenvalue weighted by molar-refractivity contribution is 0.147. The third-order valence-electron chi connectivity index (χ3n) is 6.09. The molecular weight excluding hydrogens is 418 g/mol. The van der Waals surface area contributed by atoms with Gasteiger partial charge in [0, 0.05) is 53.7 Å². The van der Waals surface area contributed by atoms with Gasteiger partial charge in [-0.2, -0.15) is 15.5 Å². The summed E-state index contributed by atoms with van der Waals surface area (Å²) in [5.74, 6) is 0. The molecule has 4 aromatic rings. The molecule has 1 aliphatic heterocycles. The monoisotopic (exact) mass is 443 g/mol. The maximum atomic E-state index is 9.56. The summed E-state index contributed by atoms with van der Waals surface area (Å²) in [7, 11) is 0. The van der Waals surface area contributed by atoms with E-state index < -0.39 is 0 Å². The van der Waals surface area contributed by atoms with E-state index in [1.807, 2.05) is 30.6 Å². The highest BCUT2D eigenvalue weighted by Crippen LogP contribution is 2.35. The van der Waals surface area contributed by atoms with Gasteiger partial charge in [0.15, 0.2) is 0 Å². The van der Waals surface area contributed by atoms with Crippen LogP contribution in [0.4, 0.5) is 0 Å². The summed E-state index contributed by atoms with van der Waals surface area (Å²) in [6, 6.07) is 11.2. The second kappa shape index (κ2) is 8.77. The predicted octanol–water partition coefficient (Wildman–Crippen LogP) is 4.66. The molecular formula is C24H25N7S. The van der Waals surface area contributed by atoms with Crippen LogP contribution in [-0.4, -0.2) is 48.4 Å². The van der Waals surface area contributed by atoms with Gasteiger partial charge in [0.25, 0.3) is 0 Å². The van der Waals surface area contributed by atoms with Crippen molar-refractivity contribution >= 4 is 17.3 Å². The molecule has 5 heterocycles. The van der Waals surface area contributed by atoms with E-state index in [9.17, 15) is 5.26 Å². The Hall–Kier alpha value is -3.15. The zero-order valence-electron chi connectivity index (χ0n) is 18.2. The summed E-state index contributed by atoms with van der Waals surface area (Å²) in [6.07, 6.45) is 11.7. The number of pyridine rings is 2. The van der Waals surface area contributed by atoms with E-state index in [0.717, 1.165) is 52.5 Å². The van der Waals surface area contributed by atoms with Crippen LogP contribution >= 0.6 is 11.8 Å². The van der Waals surface area contributed by atoms with E-state index in [1.54, 1.807) is 28.7 Å². The molecule has 0 spiro atoms. The first kappa shape index (κ1) is 20.7. The van der Waals surface area contributed by atoms with Gasteiger partial charge in [-0.3, -0.25) is 4.68 Å². The molecule has 0 radical (unpaired) electrons. The summed E-state index contributed by atoms with van der Waals surface area (Å²) in [4.78, 5) is 7.92. The van der Waals surface area contributed by atoms with Crippen molar-refractivity contribution in [3.8, 4) is 17.2 Å². The molecule has 1 aliphatic rings. The topological polar surface area (TPSA) is 75.0 Å². The smallest absolute Gasteiger partial charge is 0.103 e. The third-order valence-corrected chi connectivity index (χ3v) is 7.07. The Kier molecular flexibility index (Phi) is 5.68. The van der Waals surface area contributed by atoms with Crippen LogP contribution in [0.15, 0.2) is 65.2 Å². The van der Waals surface area contributed by atoms with Gasteiger partial charge in [0.05, 0.1) is 29.5 Å². The number of hydrogen-bond donors (Lipinski definition) is 0. The van der Waals surface area contributed by atoms with Gasteiger partial charge in [-0.1, -0.05) is 17.8 Å². The Bertz CT molecular complexity index is 1260. The van der Waals surface area contributed by atoms with Crippen LogP contribution in [0.2, 0.25) is 0 Å². The molecule has 1 fully saturated rings. The van der Waals surface area contributed by atoms with Crippen LogP contribution in [-0.2, 0) is 0 Å². The minimum Gasteiger partial charge on any atom is -0.301 e. The molecule has 1 saturated heterocycles. The van der Waals surface area contributed by atoms with Crippen LogP contribution in [0.5, 0.6) is 0 Å². The van der Waals surface area contributed by atoms with Gasteiger partial charge in [-0.05, 0) is 44.9 Å². The fourth-order valence-corrected chi connectivity index (χ4v) is 5.25. The lowest BCUT2D eigenvalue weighted by Gasteiger charge is -2.34. The van der Waals surface area contributed by atoms with Crippen molar-refractivity contribution in [2.45, 2.75) is 48.7 Å². The molecule has 7 nitrogen and oxygen atoms in total. The van der Waals surface area contributed by atoms with Crippen molar-refractivity contribution in [2.24, 2.45) is 0 Å². The molecule has 4 aromatic heterocycles. The Morgan fingerprint density at radius 1 is 1.09 bits per heavy atom. The van der Waals surface area contributed by atoms with Crippen molar-refractivity contribution in [1.82, 2.24) is 29.3 Å². The molecule has 5 rings (SSSR count). The van der Waals surface area contributed by atoms with Crippen molar-refractivity contribution in [3.63, 3.8) is 0 Å². The fraction of sp³-hybridized carbons (Fsp3) is 0.333. The highest BCUT2D eigenvalue weighted by atomic mass is 32.2. The molecule has 32 heavy (non-hydrogen) atoms. The molecule has 8 heteroatoms. The first-order chi connectivity index (χ1) is 15.6. The Labute approximate surface area is 191 Å². The lowest BCUT2D eigenvalue weighted by atomic mass is 10.0. The van der Waals surface area contributed by atoms with Gasteiger partial charge >= 0.3 is 0 Å². The Balaban J connectivity index is 1.47. The Morgan fingerprint density at radius 3 is 2.66 bits per heavy atom. The van der Waals surface area contributed by atoms with Crippen LogP contribution in [0.25, 0.3) is 16.6 Å². The third kappa shape index (κ3) is 4.01. The molecule has 0 amide bonds. The van der Waals surface area contributed by atoms with Gasteiger partial charge < -0.3 is 4.90 Å². The van der Waals surface area contributed by atoms with Crippen LogP contribution < -0.4 is 0 Å². The van der Waals surface area contributed by atoms with Crippen molar-refractivity contribution in [3.05, 3.63) is 60.8 Å². The quantitative estimate of drug-likeness (QED) is 0.447. The molecule has 0 atom stereocenters. The van der Waals surface area contributed by atoms with Crippen LogP contribution in [0, 0.1) is 11.3 Å². The standard InChI is InChI=1S/C24H25N7S/c1-17(2)29-9-6-21(7-10-29)30-16-20(14-27-30)18-11-22(32-23-5-3-4-8-26-23)24-19(12-25)13-28-31(24)15-18/h3-5,8,11,13-17,21H,6-7,9-10H2,1-2H3. The number of hydrogen-bond acceptors (Lipinski definition) is 6. The molecule has 0 aromatic carbocycles. The highest BCUT2D eigenvalue weighted by Gasteiger charge is 2.23. The van der Waals surface area contributed by atoms with Crippen molar-refractivity contribution < 1.29 is 0 Å². The molecule has 0 saturated carbocycles. The maximum Gasteiger partial charge on any atom is 0.103 e. The minimum atomic E-state index is 0.430. The van der Waals surface area contributed by atoms with E-state index in [0.29, 0.717) is 17.6 Å². The normalized spacial score (nSPS) is 15.4. The lowest BCUT2D eigenvalue weighted by Crippen LogP contribution is -2.39. The van der Waals surface area contributed by atoms with Crippen LogP contribution in [0.1, 0.15) is 38.3 Å². The second-order valence-corrected chi connectivity index (χ2v) is 9.46. The predicted molar refractivity (Wildman–Crippen MR) is 124 cm³/mol. The van der Waals surface area contributed by atoms with Crippen molar-refractivity contribution in [1.29, 1.82) is 5.26 Å². The SMILES string of the molecule is CC(C)N1CCC(n2cc(-c3cc(Sc4ccccn4)c4c(C#N)cnn4c3)cn2)CC1. The second-order valence-electron chi connectivity index (χ2n) is 8.40. The van der Waals surface area contributed by atoms with E-state index >= 15 is 0 Å². The summed E-state index contributed by atoms with van der Waals surface area (Å²) in [6.45, 7) is 6.74. The molecule has 162 valence electrons. The summed E-state index contributed by atoms with van der Waals surface area (Å²) >= 11 is 1.54. The van der Waals surface area contributed by atoms with Crippen molar-refractivity contribution in [2.75, 3.05) is 13.1 Å². The number of aromatic nitrogens is 5. The number of likely N-dealkylation sites (tertiary alicyclic amines) is 1. The number of piperidine rings is 1. The van der Waals surface area contributed by atoms with Crippen LogP contribution in [0.3, 0.4) is 0 Å². The maximum absolute atomic E-state index is 9.56. The molecule has 0 N–H and O–H groups in total. The summed E-state index contributed by atoms with van der Waals surface area (Å²) in [5.41, 5.74) is 3.44. The van der Waals surface area contributed by atoms with E-state index in [-0.39, 0.29) is 0 Å². The first-order valence-electron chi connectivity index (χ1n) is 10.9. The first-order valence-corrected chi connectivity index (χ1v) is 11.7. The highest BCUT2D eigenvalue weighted by molar-refractivity contribution is 7.99. The summed E-state index contributed by atoms with van der Waals surface area (Å²) < 4.78 is 3.91. The Morgan fingerprint density at radius 2 is 1.94 bits per heavy atom. The number of rotatable bonds is 5. The summed E-state index contributed by atoms with van der Waals surface area (Å²) in [5, 5.41) is 19.6. The molecule has 0 aliphatic carbocycles. The largest absolute Gasteiger partial charge is 0.301 e. The number of nitriles is 1. The minimum absolute atomic E-state index is 0.430. The molecule has 0 bridgehead atoms. The van der Waals surface area contributed by atoms with Gasteiger partial charge in [0.2, 0.25) is 0 Å². The number of nitrogens with zero attached hydrogens (tertiary/aromatic N) is 7. The van der Waals surface area contributed by atoms with Gasteiger partial charge in [-0.25, -0.2) is 9.50 Å². The fourth-order valence-electron chi connectivity index (χ4n) is 4.28. The van der Waals surface area contributed by atoms with E-state index in [1.165, 1.54) is 0 Å².